The average Bonchev–Trinajstić information content (AvgIpc) is 2.41. The van der Waals surface area contributed by atoms with E-state index in [4.69, 9.17) is 11.6 Å². The van der Waals surface area contributed by atoms with E-state index >= 15 is 0 Å². The average molecular weight is 332 g/mol. The van der Waals surface area contributed by atoms with Gasteiger partial charge >= 0.3 is 0 Å². The second-order valence-electron chi connectivity index (χ2n) is 3.51. The lowest BCUT2D eigenvalue weighted by Crippen LogP contribution is -2.20. The van der Waals surface area contributed by atoms with Crippen LogP contribution >= 0.6 is 38.9 Å². The molecule has 0 aliphatic rings. The highest BCUT2D eigenvalue weighted by atomic mass is 79.9. The molecule has 0 aliphatic heterocycles. The van der Waals surface area contributed by atoms with Crippen LogP contribution in [0.5, 0.6) is 0 Å². The van der Waals surface area contributed by atoms with E-state index in [2.05, 4.69) is 15.9 Å². The van der Waals surface area contributed by atoms with E-state index in [0.717, 1.165) is 14.2 Å². The highest BCUT2D eigenvalue weighted by Gasteiger charge is 2.28. The molecule has 6 heteroatoms. The molecule has 0 aromatic carbocycles. The Bertz CT molecular complexity index is 453. The lowest BCUT2D eigenvalue weighted by atomic mass is 10.3. The maximum atomic E-state index is 11.4. The summed E-state index contributed by atoms with van der Waals surface area (Å²) < 4.78 is 23.6. The molecule has 0 amide bonds. The van der Waals surface area contributed by atoms with Crippen molar-refractivity contribution in [3.63, 3.8) is 0 Å². The minimum Gasteiger partial charge on any atom is -0.229 e. The number of thiophene rings is 1. The van der Waals surface area contributed by atoms with Crippen LogP contribution in [0, 0.1) is 6.92 Å². The van der Waals surface area contributed by atoms with Crippen molar-refractivity contribution in [1.82, 2.24) is 0 Å². The largest absolute Gasteiger partial charge is 0.229 e. The first-order valence-electron chi connectivity index (χ1n) is 4.32. The van der Waals surface area contributed by atoms with E-state index in [1.165, 1.54) is 17.6 Å². The normalized spacial score (nSPS) is 16.3. The first kappa shape index (κ1) is 13.5. The van der Waals surface area contributed by atoms with Crippen molar-refractivity contribution in [1.29, 1.82) is 0 Å². The molecule has 2 atom stereocenters. The van der Waals surface area contributed by atoms with Crippen LogP contribution in [0.15, 0.2) is 10.5 Å². The van der Waals surface area contributed by atoms with Gasteiger partial charge in [0.05, 0.1) is 10.6 Å². The third-order valence-electron chi connectivity index (χ3n) is 2.17. The summed E-state index contributed by atoms with van der Waals surface area (Å²) in [5.41, 5.74) is 0. The molecule has 1 aromatic heterocycles. The van der Waals surface area contributed by atoms with Gasteiger partial charge in [-0.15, -0.1) is 22.9 Å². The SMILES string of the molecule is Cc1cc(Br)c(C(Cl)C(C)S(C)(=O)=O)s1. The molecule has 86 valence electrons. The molecule has 2 unspecified atom stereocenters. The Morgan fingerprint density at radius 2 is 2.07 bits per heavy atom. The Morgan fingerprint density at radius 3 is 2.40 bits per heavy atom. The molecule has 0 saturated carbocycles. The monoisotopic (exact) mass is 330 g/mol. The van der Waals surface area contributed by atoms with Crippen LogP contribution in [0.2, 0.25) is 0 Å². The molecule has 0 N–H and O–H groups in total. The molecule has 1 aromatic rings. The quantitative estimate of drug-likeness (QED) is 0.794. The molecule has 1 heterocycles. The fourth-order valence-electron chi connectivity index (χ4n) is 1.12. The van der Waals surface area contributed by atoms with Gasteiger partial charge in [-0.05, 0) is 35.8 Å². The van der Waals surface area contributed by atoms with Gasteiger partial charge in [-0.2, -0.15) is 0 Å². The predicted octanol–water partition coefficient (Wildman–Crippen LogP) is 3.53. The third kappa shape index (κ3) is 3.19. The number of halogens is 2. The molecule has 0 spiro atoms. The van der Waals surface area contributed by atoms with Crippen molar-refractivity contribution in [2.45, 2.75) is 24.5 Å². The van der Waals surface area contributed by atoms with E-state index < -0.39 is 20.5 Å². The molecule has 1 rings (SSSR count). The summed E-state index contributed by atoms with van der Waals surface area (Å²) in [6, 6.07) is 1.95. The Hall–Kier alpha value is 0.420. The van der Waals surface area contributed by atoms with E-state index in [1.54, 1.807) is 6.92 Å². The van der Waals surface area contributed by atoms with Crippen LogP contribution in [-0.4, -0.2) is 19.9 Å². The maximum Gasteiger partial charge on any atom is 0.151 e. The Kier molecular flexibility index (Phi) is 4.26. The van der Waals surface area contributed by atoms with Crippen LogP contribution in [0.3, 0.4) is 0 Å². The number of rotatable bonds is 3. The zero-order valence-corrected chi connectivity index (χ0v) is 12.6. The van der Waals surface area contributed by atoms with Crippen LogP contribution in [0.25, 0.3) is 0 Å². The molecular formula is C9H12BrClO2S2. The van der Waals surface area contributed by atoms with Gasteiger partial charge in [0.25, 0.3) is 0 Å². The molecule has 2 nitrogen and oxygen atoms in total. The second kappa shape index (κ2) is 4.73. The van der Waals surface area contributed by atoms with Gasteiger partial charge < -0.3 is 0 Å². The molecule has 15 heavy (non-hydrogen) atoms. The van der Waals surface area contributed by atoms with Gasteiger partial charge in [0.1, 0.15) is 0 Å². The van der Waals surface area contributed by atoms with Crippen molar-refractivity contribution in [2.24, 2.45) is 0 Å². The summed E-state index contributed by atoms with van der Waals surface area (Å²) in [4.78, 5) is 2.00. The van der Waals surface area contributed by atoms with Crippen LogP contribution in [0.4, 0.5) is 0 Å². The lowest BCUT2D eigenvalue weighted by Gasteiger charge is -2.15. The van der Waals surface area contributed by atoms with Crippen molar-refractivity contribution in [3.05, 3.63) is 20.3 Å². The highest BCUT2D eigenvalue weighted by molar-refractivity contribution is 9.10. The van der Waals surface area contributed by atoms with E-state index in [0.29, 0.717) is 0 Å². The van der Waals surface area contributed by atoms with Crippen molar-refractivity contribution < 1.29 is 8.42 Å². The molecule has 0 fully saturated rings. The summed E-state index contributed by atoms with van der Waals surface area (Å²) in [5.74, 6) is 0. The van der Waals surface area contributed by atoms with Crippen LogP contribution in [-0.2, 0) is 9.84 Å². The van der Waals surface area contributed by atoms with Crippen molar-refractivity contribution in [3.8, 4) is 0 Å². The zero-order chi connectivity index (χ0) is 11.8. The molecule has 0 saturated heterocycles. The predicted molar refractivity (Wildman–Crippen MR) is 69.7 cm³/mol. The summed E-state index contributed by atoms with van der Waals surface area (Å²) >= 11 is 11.1. The first-order chi connectivity index (χ1) is 6.73. The summed E-state index contributed by atoms with van der Waals surface area (Å²) in [6.07, 6.45) is 1.21. The number of hydrogen-bond acceptors (Lipinski definition) is 3. The highest BCUT2D eigenvalue weighted by Crippen LogP contribution is 2.38. The van der Waals surface area contributed by atoms with Crippen LogP contribution < -0.4 is 0 Å². The van der Waals surface area contributed by atoms with Crippen LogP contribution in [0.1, 0.15) is 22.1 Å². The van der Waals surface area contributed by atoms with Gasteiger partial charge in [-0.3, -0.25) is 0 Å². The second-order valence-corrected chi connectivity index (χ2v) is 8.52. The zero-order valence-electron chi connectivity index (χ0n) is 8.62. The maximum absolute atomic E-state index is 11.4. The minimum absolute atomic E-state index is 0.493. The van der Waals surface area contributed by atoms with Gasteiger partial charge in [-0.1, -0.05) is 0 Å². The van der Waals surface area contributed by atoms with Gasteiger partial charge in [0, 0.05) is 20.5 Å². The Labute approximate surface area is 108 Å². The number of hydrogen-bond donors (Lipinski definition) is 0. The van der Waals surface area contributed by atoms with Gasteiger partial charge in [-0.25, -0.2) is 8.42 Å². The van der Waals surface area contributed by atoms with E-state index in [1.807, 2.05) is 13.0 Å². The Balaban J connectivity index is 3.05. The molecule has 0 radical (unpaired) electrons. The summed E-state index contributed by atoms with van der Waals surface area (Å²) in [6.45, 7) is 3.60. The standard InChI is InChI=1S/C9H12BrClO2S2/c1-5-4-7(10)9(14-5)8(11)6(2)15(3,12)13/h4,6,8H,1-3H3. The van der Waals surface area contributed by atoms with E-state index in [-0.39, 0.29) is 0 Å². The number of alkyl halides is 1. The first-order valence-corrected chi connectivity index (χ1v) is 8.32. The number of aryl methyl sites for hydroxylation is 1. The molecular weight excluding hydrogens is 320 g/mol. The van der Waals surface area contributed by atoms with E-state index in [9.17, 15) is 8.42 Å². The topological polar surface area (TPSA) is 34.1 Å². The Morgan fingerprint density at radius 1 is 1.53 bits per heavy atom. The lowest BCUT2D eigenvalue weighted by molar-refractivity contribution is 0.587. The summed E-state index contributed by atoms with van der Waals surface area (Å²) in [7, 11) is -3.10. The smallest absolute Gasteiger partial charge is 0.151 e. The number of sulfone groups is 1. The molecule has 0 bridgehead atoms. The fourth-order valence-corrected chi connectivity index (χ4v) is 4.70. The van der Waals surface area contributed by atoms with Gasteiger partial charge in [0.2, 0.25) is 0 Å². The minimum atomic E-state index is -3.10. The summed E-state index contributed by atoms with van der Waals surface area (Å²) in [5, 5.41) is -1.07. The molecule has 0 aliphatic carbocycles. The van der Waals surface area contributed by atoms with Crippen molar-refractivity contribution >= 4 is 48.7 Å². The third-order valence-corrected chi connectivity index (χ3v) is 6.72. The van der Waals surface area contributed by atoms with Crippen molar-refractivity contribution in [2.75, 3.05) is 6.26 Å². The fraction of sp³-hybridized carbons (Fsp3) is 0.556. The van der Waals surface area contributed by atoms with Gasteiger partial charge in [0.15, 0.2) is 9.84 Å².